The Kier molecular flexibility index (Phi) is 27.5. The first kappa shape index (κ1) is 75.8. The zero-order valence-electron chi connectivity index (χ0n) is 48.4. The van der Waals surface area contributed by atoms with Gasteiger partial charge in [0.2, 0.25) is 0 Å². The van der Waals surface area contributed by atoms with Gasteiger partial charge in [-0.3, -0.25) is 4.79 Å². The number of carbonyl (C=O) groups is 8. The molecule has 8 aromatic rings. The number of aliphatic hydroxyl groups is 1. The van der Waals surface area contributed by atoms with Crippen LogP contribution in [0.25, 0.3) is 11.1 Å². The number of carboxylic acid groups (broad SMARTS) is 7. The van der Waals surface area contributed by atoms with E-state index in [-0.39, 0.29) is 61.9 Å². The molecule has 0 fully saturated rings. The minimum atomic E-state index is -1.48. The van der Waals surface area contributed by atoms with Crippen molar-refractivity contribution in [1.29, 1.82) is 0 Å². The fourth-order valence-corrected chi connectivity index (χ4v) is 7.15. The minimum Gasteiger partial charge on any atom is -0.872 e. The Bertz CT molecular complexity index is 4010. The number of benzene rings is 8. The van der Waals surface area contributed by atoms with Crippen molar-refractivity contribution in [1.82, 2.24) is 0 Å². The van der Waals surface area contributed by atoms with Gasteiger partial charge in [0, 0.05) is 0 Å². The molecule has 0 saturated heterocycles. The van der Waals surface area contributed by atoms with Gasteiger partial charge in [0.1, 0.15) is 46.0 Å². The molecule has 8 rings (SSSR count). The van der Waals surface area contributed by atoms with Crippen LogP contribution in [0.15, 0.2) is 115 Å². The van der Waals surface area contributed by atoms with Gasteiger partial charge in [-0.15, -0.1) is 11.5 Å². The number of aryl methyl sites for hydroxylation is 1. The monoisotopic (exact) mass is 1290 g/mol. The van der Waals surface area contributed by atoms with Gasteiger partial charge in [0.25, 0.3) is 0 Å². The van der Waals surface area contributed by atoms with Crippen LogP contribution in [-0.2, 0) is 6.61 Å². The van der Waals surface area contributed by atoms with E-state index in [4.69, 9.17) is 66.4 Å². The standard InChI is InChI=1S/C13H10O4.C9H8O5.C9H10O4.2C8H8O5.C8H8O4.C7H6O4/c14-9-6-10(8-4-2-1-3-5-8)12(13(16)17)11(15)7-9;1-4(10)5-2-6(9(13)14)8(12)3-7(5)11;1-4-3-6(10)7(9(12)13)8(11)5(4)2;9-3-4-1-5(10)7(8(12)13)6(11)2-4;1-13-5-3-2-4(9)7(10)6(5)8(11)12;1-4-6(9)2-5(8(11)12)3-7(4)10;8-5-1-4(7(10)11)2-6(9)3-5/h1-7,14-15H,(H,16,17);2-3,11-12H,1H3,(H,13,14);3,10-11H,1-2H3,(H,12,13);1-2,9-11H,3H2,(H,12,13);2-3,9-10H,1H3,(H,11,12);2-3,9-10H,1H3,(H,11,12);1-3,8-9H,(H,10,11)/p-7. The number of ether oxygens (including phenoxy) is 1. The molecule has 0 aliphatic carbocycles. The van der Waals surface area contributed by atoms with E-state index in [0.717, 1.165) is 66.7 Å². The van der Waals surface area contributed by atoms with Crippen molar-refractivity contribution in [3.63, 3.8) is 0 Å². The highest BCUT2D eigenvalue weighted by atomic mass is 16.5. The Balaban J connectivity index is 0.000000371. The lowest BCUT2D eigenvalue weighted by atomic mass is 9.98. The first-order valence-corrected chi connectivity index (χ1v) is 25.2. The molecule has 0 aliphatic heterocycles. The summed E-state index contributed by atoms with van der Waals surface area (Å²) < 4.78 is 4.65. The van der Waals surface area contributed by atoms with E-state index in [2.05, 4.69) is 4.74 Å². The fraction of sp³-hybridized carbons (Fsp3) is 0.0968. The number of aromatic hydroxyl groups is 7. The minimum absolute atomic E-state index is 0.0599. The van der Waals surface area contributed by atoms with Crippen LogP contribution in [0.4, 0.5) is 0 Å². The molecule has 0 atom stereocenters. The van der Waals surface area contributed by atoms with Crippen LogP contribution in [0.1, 0.15) is 112 Å². The number of ketones is 1. The molecule has 0 spiro atoms. The second kappa shape index (κ2) is 33.7. The lowest BCUT2D eigenvalue weighted by molar-refractivity contribution is -0.271. The van der Waals surface area contributed by atoms with Gasteiger partial charge in [0.05, 0.1) is 58.2 Å². The number of hydrogen-bond donors (Lipinski definition) is 15. The molecule has 0 saturated carbocycles. The molecular weight excluding hydrogens is 1240 g/mol. The Hall–Kier alpha value is -13.3. The number of rotatable bonds is 11. The second-order valence-electron chi connectivity index (χ2n) is 18.3. The molecule has 492 valence electrons. The fourth-order valence-electron chi connectivity index (χ4n) is 7.15. The summed E-state index contributed by atoms with van der Waals surface area (Å²) in [4.78, 5) is 84.6. The van der Waals surface area contributed by atoms with E-state index in [1.54, 1.807) is 37.3 Å². The van der Waals surface area contributed by atoms with Crippen molar-refractivity contribution in [3.8, 4) is 97.4 Å². The Morgan fingerprint density at radius 1 is 0.409 bits per heavy atom. The first-order chi connectivity index (χ1) is 43.2. The molecule has 0 radical (unpaired) electrons. The number of phenols is 7. The number of carboxylic acids is 7. The predicted octanol–water partition coefficient (Wildman–Crippen LogP) is 3.44. The van der Waals surface area contributed by atoms with Gasteiger partial charge >= 0.3 is 41.8 Å². The predicted molar refractivity (Wildman–Crippen MR) is 304 cm³/mol. The molecule has 93 heavy (non-hydrogen) atoms. The molecule has 0 aromatic heterocycles. The smallest absolute Gasteiger partial charge is 0.338 e. The number of phenolic OH excluding ortho intramolecular Hbond substituents is 5. The lowest BCUT2D eigenvalue weighted by Crippen LogP contribution is -2.07. The average Bonchev–Trinajstić information content (AvgIpc) is 0.858. The Morgan fingerprint density at radius 3 is 1.39 bits per heavy atom. The van der Waals surface area contributed by atoms with Crippen molar-refractivity contribution >= 4 is 47.6 Å². The number of aromatic carboxylic acids is 7. The van der Waals surface area contributed by atoms with Crippen LogP contribution < -0.4 is 40.5 Å². The number of hydrogen-bond acceptors (Lipinski definition) is 24. The summed E-state index contributed by atoms with van der Waals surface area (Å²) >= 11 is 0. The van der Waals surface area contributed by atoms with Crippen LogP contribution in [0.3, 0.4) is 0 Å². The van der Waals surface area contributed by atoms with Crippen molar-refractivity contribution in [3.05, 3.63) is 182 Å². The Labute approximate surface area is 522 Å². The maximum absolute atomic E-state index is 11.5. The molecule has 15 N–H and O–H groups in total. The van der Waals surface area contributed by atoms with E-state index in [0.29, 0.717) is 16.7 Å². The van der Waals surface area contributed by atoms with Crippen LogP contribution in [0.2, 0.25) is 0 Å². The third kappa shape index (κ3) is 21.2. The average molecular weight is 1290 g/mol. The van der Waals surface area contributed by atoms with Crippen molar-refractivity contribution in [2.24, 2.45) is 0 Å². The molecule has 31 heteroatoms. The first-order valence-electron chi connectivity index (χ1n) is 25.2. The summed E-state index contributed by atoms with van der Waals surface area (Å²) in [7, 11) is 1.25. The summed E-state index contributed by atoms with van der Waals surface area (Å²) in [5, 5.41) is 210. The number of Topliss-reactive ketones (excluding diaryl/α,β-unsaturated/α-hetero) is 1. The normalized spacial score (nSPS) is 9.83. The quantitative estimate of drug-likeness (QED) is 0.0825. The number of aliphatic hydroxyl groups excluding tert-OH is 1. The summed E-state index contributed by atoms with van der Waals surface area (Å²) in [6.45, 7) is 5.36. The van der Waals surface area contributed by atoms with Gasteiger partial charge < -0.3 is 117 Å². The molecule has 0 amide bonds. The number of methoxy groups -OCH3 is 1. The molecule has 0 bridgehead atoms. The SMILES string of the molecule is CC(=O)c1cc(C(=O)O)c([O-])cc1O.COc1ccc(O)c([O-])c1C(=O)O.Cc1c([O-])cc(C(=O)O)cc1O.Cc1cc(O)c(C(=O)O)c([O-])c1C.O=C(O)c1c([O-])cc(CO)cc1O.O=C(O)c1c([O-])cc(O)cc1-c1ccccc1.O=C(O)c1cc([O-])cc(O)c1. The van der Waals surface area contributed by atoms with Gasteiger partial charge in [-0.25, -0.2) is 33.6 Å². The maximum Gasteiger partial charge on any atom is 0.338 e. The van der Waals surface area contributed by atoms with Crippen LogP contribution in [-0.4, -0.2) is 131 Å². The summed E-state index contributed by atoms with van der Waals surface area (Å²) in [5.41, 5.74) is -1.07. The highest BCUT2D eigenvalue weighted by Gasteiger charge is 2.17. The third-order valence-electron chi connectivity index (χ3n) is 11.9. The molecule has 0 aliphatic rings. The van der Waals surface area contributed by atoms with Gasteiger partial charge in [-0.05, 0) is 128 Å². The molecule has 0 unspecified atom stereocenters. The van der Waals surface area contributed by atoms with Gasteiger partial charge in [-0.2, -0.15) is 0 Å². The van der Waals surface area contributed by atoms with Crippen LogP contribution in [0.5, 0.6) is 86.2 Å². The van der Waals surface area contributed by atoms with Crippen LogP contribution >= 0.6 is 0 Å². The molecular formula is C62H51O31-7. The van der Waals surface area contributed by atoms with E-state index in [1.807, 2.05) is 0 Å². The van der Waals surface area contributed by atoms with Gasteiger partial charge in [0.15, 0.2) is 5.78 Å². The molecule has 31 nitrogen and oxygen atoms in total. The molecule has 0 heterocycles. The van der Waals surface area contributed by atoms with Crippen molar-refractivity contribution < 1.29 is 155 Å². The number of carbonyl (C=O) groups excluding carboxylic acids is 1. The largest absolute Gasteiger partial charge is 0.872 e. The van der Waals surface area contributed by atoms with E-state index < -0.39 is 140 Å². The van der Waals surface area contributed by atoms with E-state index in [1.165, 1.54) is 46.1 Å². The van der Waals surface area contributed by atoms with Crippen molar-refractivity contribution in [2.75, 3.05) is 7.11 Å². The van der Waals surface area contributed by atoms with E-state index in [9.17, 15) is 84.3 Å². The topological polar surface area (TPSA) is 611 Å². The second-order valence-corrected chi connectivity index (χ2v) is 18.3. The summed E-state index contributed by atoms with van der Waals surface area (Å²) in [6.07, 6.45) is 0. The Morgan fingerprint density at radius 2 is 0.925 bits per heavy atom. The van der Waals surface area contributed by atoms with E-state index >= 15 is 0 Å². The third-order valence-corrected chi connectivity index (χ3v) is 11.9. The molecule has 8 aromatic carbocycles. The lowest BCUT2D eigenvalue weighted by Gasteiger charge is -2.17. The highest BCUT2D eigenvalue weighted by Crippen LogP contribution is 2.36. The van der Waals surface area contributed by atoms with Crippen molar-refractivity contribution in [2.45, 2.75) is 34.3 Å². The van der Waals surface area contributed by atoms with Gasteiger partial charge in [-0.1, -0.05) is 77.1 Å². The maximum atomic E-state index is 11.5. The summed E-state index contributed by atoms with van der Waals surface area (Å²) in [5.74, 6) is -17.9. The zero-order chi connectivity index (χ0) is 71.2. The summed E-state index contributed by atoms with van der Waals surface area (Å²) in [6, 6.07) is 23.0. The van der Waals surface area contributed by atoms with Crippen LogP contribution in [0, 0.1) is 20.8 Å². The zero-order valence-corrected chi connectivity index (χ0v) is 48.4. The highest BCUT2D eigenvalue weighted by molar-refractivity contribution is 6.01.